The average Bonchev–Trinajstić information content (AvgIpc) is 3.30. The quantitative estimate of drug-likeness (QED) is 0.265. The molecule has 0 amide bonds. The molecule has 2 atom stereocenters. The van der Waals surface area contributed by atoms with Crippen LogP contribution in [0.2, 0.25) is 0 Å². The van der Waals surface area contributed by atoms with Gasteiger partial charge in [0.1, 0.15) is 18.2 Å². The predicted octanol–water partition coefficient (Wildman–Crippen LogP) is 2.47. The molecule has 1 fully saturated rings. The van der Waals surface area contributed by atoms with E-state index in [4.69, 9.17) is 15.1 Å². The number of hydrogen-bond acceptors (Lipinski definition) is 7. The molecular formula is C22H31F2N7O2S. The van der Waals surface area contributed by atoms with E-state index in [9.17, 15) is 13.0 Å². The summed E-state index contributed by atoms with van der Waals surface area (Å²) in [5.41, 5.74) is 0.711. The van der Waals surface area contributed by atoms with Crippen LogP contribution in [0, 0.1) is 11.3 Å². The molecule has 1 saturated heterocycles. The van der Waals surface area contributed by atoms with E-state index < -0.39 is 23.1 Å². The first-order chi connectivity index (χ1) is 16.4. The molecule has 34 heavy (non-hydrogen) atoms. The summed E-state index contributed by atoms with van der Waals surface area (Å²) in [5.74, 6) is 1.97. The van der Waals surface area contributed by atoms with Crippen molar-refractivity contribution < 1.29 is 17.7 Å². The van der Waals surface area contributed by atoms with E-state index in [2.05, 4.69) is 24.9 Å². The maximum absolute atomic E-state index is 12.6. The number of halogens is 2. The molecule has 2 aromatic rings. The minimum Gasteiger partial charge on any atom is -0.476 e. The van der Waals surface area contributed by atoms with Crippen LogP contribution in [0.3, 0.4) is 0 Å². The number of imidazole rings is 1. The monoisotopic (exact) mass is 495 g/mol. The van der Waals surface area contributed by atoms with Gasteiger partial charge in [-0.25, -0.2) is 22.7 Å². The van der Waals surface area contributed by atoms with Crippen LogP contribution in [0.4, 0.5) is 14.6 Å². The molecule has 1 aliphatic rings. The van der Waals surface area contributed by atoms with Crippen molar-refractivity contribution >= 4 is 28.6 Å². The lowest BCUT2D eigenvalue weighted by molar-refractivity contribution is 0.226. The fraction of sp³-hybridized carbons (Fsp3) is 0.500. The number of alkyl halides is 2. The molecule has 0 radical (unpaired) electrons. The van der Waals surface area contributed by atoms with Gasteiger partial charge in [0, 0.05) is 44.1 Å². The van der Waals surface area contributed by atoms with Crippen molar-refractivity contribution in [3.8, 4) is 17.1 Å². The van der Waals surface area contributed by atoms with Gasteiger partial charge in [0.15, 0.2) is 0 Å². The van der Waals surface area contributed by atoms with Gasteiger partial charge in [-0.1, -0.05) is 0 Å². The normalized spacial score (nSPS) is 17.4. The molecule has 0 aliphatic carbocycles. The molecule has 0 spiro atoms. The van der Waals surface area contributed by atoms with E-state index in [0.29, 0.717) is 43.0 Å². The second-order valence-corrected chi connectivity index (χ2v) is 9.23. The summed E-state index contributed by atoms with van der Waals surface area (Å²) in [7, 11) is 0.798. The second-order valence-electron chi connectivity index (χ2n) is 8.03. The number of nitrogens with zero attached hydrogens (tertiary/aromatic N) is 3. The van der Waals surface area contributed by atoms with Crippen molar-refractivity contribution in [2.24, 2.45) is 5.92 Å². The highest BCUT2D eigenvalue weighted by Crippen LogP contribution is 2.29. The third-order valence-electron chi connectivity index (χ3n) is 5.37. The summed E-state index contributed by atoms with van der Waals surface area (Å²) >= 11 is 0. The first-order valence-corrected chi connectivity index (χ1v) is 12.6. The lowest BCUT2D eigenvalue weighted by Crippen LogP contribution is -2.40. The summed E-state index contributed by atoms with van der Waals surface area (Å²) < 4.78 is 45.4. The van der Waals surface area contributed by atoms with Crippen molar-refractivity contribution in [2.45, 2.75) is 19.3 Å². The Kier molecular flexibility index (Phi) is 9.66. The maximum atomic E-state index is 12.6. The van der Waals surface area contributed by atoms with Crippen molar-refractivity contribution in [3.63, 3.8) is 0 Å². The predicted molar refractivity (Wildman–Crippen MR) is 131 cm³/mol. The van der Waals surface area contributed by atoms with Crippen LogP contribution < -0.4 is 19.7 Å². The second kappa shape index (κ2) is 12.7. The molecular weight excluding hydrogens is 464 g/mol. The SMILES string of the molecule is CNCCOc1cc(-c2cnc(/C=C\C(=N)C(F)F)[nH]2)cc(N2CCCC(CNS(C)=O)C2)n1. The van der Waals surface area contributed by atoms with Gasteiger partial charge in [0.05, 0.1) is 28.6 Å². The van der Waals surface area contributed by atoms with Gasteiger partial charge in [-0.3, -0.25) is 5.41 Å². The lowest BCUT2D eigenvalue weighted by Gasteiger charge is -2.34. The number of anilines is 1. The van der Waals surface area contributed by atoms with Crippen molar-refractivity contribution in [2.75, 3.05) is 51.0 Å². The van der Waals surface area contributed by atoms with Crippen LogP contribution in [0.25, 0.3) is 17.3 Å². The Balaban J connectivity index is 1.83. The van der Waals surface area contributed by atoms with Gasteiger partial charge in [0.25, 0.3) is 6.43 Å². The summed E-state index contributed by atoms with van der Waals surface area (Å²) in [6.45, 7) is 3.43. The Bertz CT molecular complexity index is 1010. The van der Waals surface area contributed by atoms with Crippen LogP contribution in [-0.2, 0) is 11.0 Å². The summed E-state index contributed by atoms with van der Waals surface area (Å²) in [4.78, 5) is 14.2. The molecule has 12 heteroatoms. The van der Waals surface area contributed by atoms with Gasteiger partial charge in [0.2, 0.25) is 5.88 Å². The smallest absolute Gasteiger partial charge is 0.279 e. The number of allylic oxidation sites excluding steroid dienone is 1. The van der Waals surface area contributed by atoms with Gasteiger partial charge < -0.3 is 19.9 Å². The van der Waals surface area contributed by atoms with E-state index in [-0.39, 0.29) is 0 Å². The van der Waals surface area contributed by atoms with E-state index in [0.717, 1.165) is 43.4 Å². The number of ether oxygens (including phenoxy) is 1. The number of hydrogen-bond donors (Lipinski definition) is 4. The first kappa shape index (κ1) is 25.9. The number of pyridine rings is 1. The average molecular weight is 496 g/mol. The topological polar surface area (TPSA) is 119 Å². The van der Waals surface area contributed by atoms with Gasteiger partial charge >= 0.3 is 0 Å². The van der Waals surface area contributed by atoms with Crippen molar-refractivity contribution in [1.82, 2.24) is 25.0 Å². The first-order valence-electron chi connectivity index (χ1n) is 11.1. The standard InChI is InChI=1S/C22H31F2N7O2S/c1-26-7-9-33-21-11-16(18-13-27-19(29-18)6-5-17(25)22(23)24)10-20(30-21)31-8-3-4-15(14-31)12-28-34(2)32/h5-6,10-11,13,15,22,25-26,28H,3-4,7-9,12,14H2,1-2H3,(H,27,29)/b6-5-,25-17?. The third kappa shape index (κ3) is 7.67. The zero-order chi connectivity index (χ0) is 24.5. The number of likely N-dealkylation sites (N-methyl/N-ethyl adjacent to an activating group) is 1. The Labute approximate surface area is 200 Å². The van der Waals surface area contributed by atoms with Crippen LogP contribution in [-0.4, -0.2) is 77.4 Å². The molecule has 3 heterocycles. The Morgan fingerprint density at radius 1 is 1.47 bits per heavy atom. The molecule has 186 valence electrons. The van der Waals surface area contributed by atoms with E-state index >= 15 is 0 Å². The Morgan fingerprint density at radius 3 is 3.03 bits per heavy atom. The Hall–Kier alpha value is -2.70. The molecule has 0 bridgehead atoms. The highest BCUT2D eigenvalue weighted by Gasteiger charge is 2.22. The summed E-state index contributed by atoms with van der Waals surface area (Å²) in [6.07, 6.45) is 4.85. The molecule has 9 nitrogen and oxygen atoms in total. The number of aromatic amines is 1. The maximum Gasteiger partial charge on any atom is 0.279 e. The van der Waals surface area contributed by atoms with Crippen LogP contribution in [0.1, 0.15) is 18.7 Å². The number of rotatable bonds is 12. The van der Waals surface area contributed by atoms with Crippen LogP contribution >= 0.6 is 0 Å². The van der Waals surface area contributed by atoms with E-state index in [1.165, 1.54) is 6.08 Å². The third-order valence-corrected chi connectivity index (χ3v) is 5.94. The summed E-state index contributed by atoms with van der Waals surface area (Å²) in [6, 6.07) is 3.76. The molecule has 3 rings (SSSR count). The van der Waals surface area contributed by atoms with Crippen molar-refractivity contribution in [1.29, 1.82) is 5.41 Å². The number of piperidine rings is 1. The zero-order valence-electron chi connectivity index (χ0n) is 19.3. The van der Waals surface area contributed by atoms with Crippen LogP contribution in [0.5, 0.6) is 5.88 Å². The fourth-order valence-corrected chi connectivity index (χ4v) is 4.10. The largest absolute Gasteiger partial charge is 0.476 e. The molecule has 1 aliphatic heterocycles. The minimum atomic E-state index is -2.83. The number of nitrogens with one attached hydrogen (secondary N) is 4. The minimum absolute atomic E-state index is 0.353. The molecule has 4 N–H and O–H groups in total. The summed E-state index contributed by atoms with van der Waals surface area (Å²) in [5, 5.41) is 10.3. The van der Waals surface area contributed by atoms with Gasteiger partial charge in [-0.05, 0) is 44.0 Å². The molecule has 2 unspecified atom stereocenters. The number of aromatic nitrogens is 3. The fourth-order valence-electron chi connectivity index (χ4n) is 3.62. The highest BCUT2D eigenvalue weighted by atomic mass is 32.2. The molecule has 0 aromatic carbocycles. The van der Waals surface area contributed by atoms with Gasteiger partial charge in [-0.2, -0.15) is 4.98 Å². The number of H-pyrrole nitrogens is 1. The molecule has 2 aromatic heterocycles. The molecule has 0 saturated carbocycles. The van der Waals surface area contributed by atoms with Crippen molar-refractivity contribution in [3.05, 3.63) is 30.2 Å². The highest BCUT2D eigenvalue weighted by molar-refractivity contribution is 7.82. The van der Waals surface area contributed by atoms with E-state index in [1.807, 2.05) is 19.2 Å². The zero-order valence-corrected chi connectivity index (χ0v) is 20.1. The van der Waals surface area contributed by atoms with E-state index in [1.54, 1.807) is 12.5 Å². The van der Waals surface area contributed by atoms with Gasteiger partial charge in [-0.15, -0.1) is 0 Å². The Morgan fingerprint density at radius 2 is 2.29 bits per heavy atom. The lowest BCUT2D eigenvalue weighted by atomic mass is 9.98. The van der Waals surface area contributed by atoms with Crippen LogP contribution in [0.15, 0.2) is 24.4 Å².